The van der Waals surface area contributed by atoms with Crippen LogP contribution < -0.4 is 5.32 Å². The first kappa shape index (κ1) is 14.9. The lowest BCUT2D eigenvalue weighted by Crippen LogP contribution is -2.13. The Morgan fingerprint density at radius 1 is 1.45 bits per heavy atom. The minimum atomic E-state index is -0.0245. The van der Waals surface area contributed by atoms with Gasteiger partial charge in [-0.25, -0.2) is 0 Å². The number of benzene rings is 1. The van der Waals surface area contributed by atoms with Crippen LogP contribution in [-0.2, 0) is 11.2 Å². The SMILES string of the molecule is CCc1cn[nH]c1NC(=O)CCSc1ccccc1Cl. The zero-order chi connectivity index (χ0) is 14.4. The number of aromatic amines is 1. The van der Waals surface area contributed by atoms with Gasteiger partial charge < -0.3 is 5.32 Å². The lowest BCUT2D eigenvalue weighted by molar-refractivity contribution is -0.115. The van der Waals surface area contributed by atoms with Crippen molar-refractivity contribution in [2.45, 2.75) is 24.7 Å². The second-order valence-corrected chi connectivity index (χ2v) is 5.74. The first-order valence-corrected chi connectivity index (χ1v) is 7.76. The number of aryl methyl sites for hydroxylation is 1. The summed E-state index contributed by atoms with van der Waals surface area (Å²) in [5.74, 6) is 1.36. The van der Waals surface area contributed by atoms with Crippen LogP contribution in [0.15, 0.2) is 35.4 Å². The smallest absolute Gasteiger partial charge is 0.226 e. The van der Waals surface area contributed by atoms with Crippen LogP contribution in [0.5, 0.6) is 0 Å². The lowest BCUT2D eigenvalue weighted by Gasteiger charge is -2.05. The molecule has 2 N–H and O–H groups in total. The summed E-state index contributed by atoms with van der Waals surface area (Å²) < 4.78 is 0. The molecule has 20 heavy (non-hydrogen) atoms. The van der Waals surface area contributed by atoms with Gasteiger partial charge in [-0.3, -0.25) is 9.89 Å². The van der Waals surface area contributed by atoms with Gasteiger partial charge in [0.2, 0.25) is 5.91 Å². The van der Waals surface area contributed by atoms with Crippen molar-refractivity contribution in [1.29, 1.82) is 0 Å². The van der Waals surface area contributed by atoms with Crippen molar-refractivity contribution in [1.82, 2.24) is 10.2 Å². The van der Waals surface area contributed by atoms with Gasteiger partial charge >= 0.3 is 0 Å². The lowest BCUT2D eigenvalue weighted by atomic mass is 10.2. The van der Waals surface area contributed by atoms with Gasteiger partial charge in [0.1, 0.15) is 5.82 Å². The second-order valence-electron chi connectivity index (χ2n) is 4.20. The maximum atomic E-state index is 11.8. The Morgan fingerprint density at radius 3 is 3.00 bits per heavy atom. The molecule has 0 saturated carbocycles. The fourth-order valence-electron chi connectivity index (χ4n) is 1.70. The molecule has 1 heterocycles. The van der Waals surface area contributed by atoms with E-state index < -0.39 is 0 Å². The number of anilines is 1. The number of nitrogens with zero attached hydrogens (tertiary/aromatic N) is 1. The van der Waals surface area contributed by atoms with Gasteiger partial charge in [0.05, 0.1) is 11.2 Å². The molecule has 0 unspecified atom stereocenters. The van der Waals surface area contributed by atoms with Crippen LogP contribution in [0.1, 0.15) is 18.9 Å². The van der Waals surface area contributed by atoms with Crippen LogP contribution in [0.2, 0.25) is 5.02 Å². The summed E-state index contributed by atoms with van der Waals surface area (Å²) >= 11 is 7.64. The van der Waals surface area contributed by atoms with Crippen molar-refractivity contribution in [3.8, 4) is 0 Å². The summed E-state index contributed by atoms with van der Waals surface area (Å²) in [5.41, 5.74) is 1.01. The first-order chi connectivity index (χ1) is 9.70. The summed E-state index contributed by atoms with van der Waals surface area (Å²) in [6.45, 7) is 2.02. The third-order valence-corrected chi connectivity index (χ3v) is 4.30. The van der Waals surface area contributed by atoms with Gasteiger partial charge in [0.15, 0.2) is 0 Å². The molecule has 4 nitrogen and oxygen atoms in total. The van der Waals surface area contributed by atoms with Crippen LogP contribution in [0.3, 0.4) is 0 Å². The number of hydrogen-bond donors (Lipinski definition) is 2. The Bertz CT molecular complexity index is 585. The van der Waals surface area contributed by atoms with Gasteiger partial charge in [-0.2, -0.15) is 5.10 Å². The van der Waals surface area contributed by atoms with Gasteiger partial charge in [-0.15, -0.1) is 11.8 Å². The number of amides is 1. The van der Waals surface area contributed by atoms with Gasteiger partial charge in [0.25, 0.3) is 0 Å². The highest BCUT2D eigenvalue weighted by atomic mass is 35.5. The summed E-state index contributed by atoms with van der Waals surface area (Å²) in [6, 6.07) is 7.63. The van der Waals surface area contributed by atoms with Crippen molar-refractivity contribution in [3.05, 3.63) is 41.0 Å². The summed E-state index contributed by atoms with van der Waals surface area (Å²) in [7, 11) is 0. The number of H-pyrrole nitrogens is 1. The number of hydrogen-bond acceptors (Lipinski definition) is 3. The van der Waals surface area contributed by atoms with E-state index in [2.05, 4.69) is 15.5 Å². The Kier molecular flexibility index (Phi) is 5.49. The predicted molar refractivity (Wildman–Crippen MR) is 83.4 cm³/mol. The Morgan fingerprint density at radius 2 is 2.25 bits per heavy atom. The topological polar surface area (TPSA) is 57.8 Å². The van der Waals surface area contributed by atoms with Crippen molar-refractivity contribution in [3.63, 3.8) is 0 Å². The number of carbonyl (C=O) groups is 1. The van der Waals surface area contributed by atoms with E-state index in [1.807, 2.05) is 31.2 Å². The fourth-order valence-corrected chi connectivity index (χ4v) is 2.89. The van der Waals surface area contributed by atoms with Crippen molar-refractivity contribution in [2.75, 3.05) is 11.1 Å². The zero-order valence-corrected chi connectivity index (χ0v) is 12.7. The van der Waals surface area contributed by atoms with E-state index in [0.717, 1.165) is 21.9 Å². The van der Waals surface area contributed by atoms with Crippen molar-refractivity contribution >= 4 is 35.1 Å². The Hall–Kier alpha value is -1.46. The highest BCUT2D eigenvalue weighted by Gasteiger charge is 2.08. The standard InChI is InChI=1S/C14H16ClN3OS/c1-2-10-9-16-18-14(10)17-13(19)7-8-20-12-6-4-3-5-11(12)15/h3-6,9H,2,7-8H2,1H3,(H2,16,17,18,19). The van der Waals surface area contributed by atoms with E-state index >= 15 is 0 Å². The molecule has 1 aromatic carbocycles. The highest BCUT2D eigenvalue weighted by molar-refractivity contribution is 7.99. The third-order valence-electron chi connectivity index (χ3n) is 2.79. The van der Waals surface area contributed by atoms with Crippen LogP contribution in [-0.4, -0.2) is 21.9 Å². The number of nitrogens with one attached hydrogen (secondary N) is 2. The second kappa shape index (κ2) is 7.36. The molecule has 0 aliphatic heterocycles. The molecule has 6 heteroatoms. The molecule has 1 amide bonds. The van der Waals surface area contributed by atoms with Crippen LogP contribution >= 0.6 is 23.4 Å². The van der Waals surface area contributed by atoms with E-state index in [1.54, 1.807) is 18.0 Å². The van der Waals surface area contributed by atoms with E-state index in [0.29, 0.717) is 18.0 Å². The molecular formula is C14H16ClN3OS. The molecule has 2 aromatic rings. The molecule has 0 bridgehead atoms. The molecule has 0 fully saturated rings. The minimum Gasteiger partial charge on any atom is -0.311 e. The van der Waals surface area contributed by atoms with Gasteiger partial charge in [-0.05, 0) is 18.6 Å². The third kappa shape index (κ3) is 4.02. The van der Waals surface area contributed by atoms with Crippen LogP contribution in [0.25, 0.3) is 0 Å². The Balaban J connectivity index is 1.80. The monoisotopic (exact) mass is 309 g/mol. The maximum Gasteiger partial charge on any atom is 0.226 e. The summed E-state index contributed by atoms with van der Waals surface area (Å²) in [6.07, 6.45) is 2.99. The summed E-state index contributed by atoms with van der Waals surface area (Å²) in [4.78, 5) is 12.8. The quantitative estimate of drug-likeness (QED) is 0.799. The summed E-state index contributed by atoms with van der Waals surface area (Å²) in [5, 5.41) is 10.3. The number of thioether (sulfide) groups is 1. The molecule has 0 atom stereocenters. The molecule has 0 radical (unpaired) electrons. The molecule has 0 spiro atoms. The molecule has 0 aliphatic carbocycles. The minimum absolute atomic E-state index is 0.0245. The largest absolute Gasteiger partial charge is 0.311 e. The number of rotatable bonds is 6. The van der Waals surface area contributed by atoms with E-state index in [9.17, 15) is 4.79 Å². The first-order valence-electron chi connectivity index (χ1n) is 6.40. The van der Waals surface area contributed by atoms with Gasteiger partial charge in [0, 0.05) is 22.6 Å². The number of halogens is 1. The normalized spacial score (nSPS) is 10.5. The molecular weight excluding hydrogens is 294 g/mol. The number of aromatic nitrogens is 2. The number of carbonyl (C=O) groups excluding carboxylic acids is 1. The molecule has 2 rings (SSSR count). The van der Waals surface area contributed by atoms with E-state index in [1.165, 1.54) is 0 Å². The van der Waals surface area contributed by atoms with Crippen molar-refractivity contribution in [2.24, 2.45) is 0 Å². The molecule has 0 saturated heterocycles. The molecule has 0 aliphatic rings. The maximum absolute atomic E-state index is 11.8. The van der Waals surface area contributed by atoms with Gasteiger partial charge in [-0.1, -0.05) is 30.7 Å². The Labute approximate surface area is 127 Å². The molecule has 1 aromatic heterocycles. The van der Waals surface area contributed by atoms with Crippen LogP contribution in [0, 0.1) is 0 Å². The average Bonchev–Trinajstić information content (AvgIpc) is 2.88. The fraction of sp³-hybridized carbons (Fsp3) is 0.286. The zero-order valence-electron chi connectivity index (χ0n) is 11.1. The van der Waals surface area contributed by atoms with E-state index in [4.69, 9.17) is 11.6 Å². The highest BCUT2D eigenvalue weighted by Crippen LogP contribution is 2.27. The predicted octanol–water partition coefficient (Wildman–Crippen LogP) is 3.75. The molecule has 106 valence electrons. The average molecular weight is 310 g/mol. The van der Waals surface area contributed by atoms with Crippen LogP contribution in [0.4, 0.5) is 5.82 Å². The van der Waals surface area contributed by atoms with Crippen molar-refractivity contribution < 1.29 is 4.79 Å². The van der Waals surface area contributed by atoms with E-state index in [-0.39, 0.29) is 5.91 Å².